The second-order valence-electron chi connectivity index (χ2n) is 8.24. The molecule has 0 spiro atoms. The van der Waals surface area contributed by atoms with Crippen molar-refractivity contribution < 1.29 is 9.59 Å². The monoisotopic (exact) mass is 440 g/mol. The molecule has 0 fully saturated rings. The average Bonchev–Trinajstić information content (AvgIpc) is 2.73. The molecular weight excluding hydrogens is 404 g/mol. The highest BCUT2D eigenvalue weighted by molar-refractivity contribution is 7.99. The number of hydrogen-bond donors (Lipinski definition) is 1. The second kappa shape index (κ2) is 12.6. The normalized spacial score (nSPS) is 12.8. The lowest BCUT2D eigenvalue weighted by Gasteiger charge is -2.31. The summed E-state index contributed by atoms with van der Waals surface area (Å²) in [5, 5.41) is 3.06. The minimum atomic E-state index is -0.469. The molecule has 0 unspecified atom stereocenters. The van der Waals surface area contributed by atoms with Crippen molar-refractivity contribution in [3.63, 3.8) is 0 Å². The molecule has 0 aliphatic carbocycles. The highest BCUT2D eigenvalue weighted by atomic mass is 32.2. The van der Waals surface area contributed by atoms with Gasteiger partial charge in [-0.1, -0.05) is 73.5 Å². The third-order valence-electron chi connectivity index (χ3n) is 5.36. The minimum absolute atomic E-state index is 0.00406. The molecule has 0 aliphatic rings. The predicted octanol–water partition coefficient (Wildman–Crippen LogP) is 5.26. The summed E-state index contributed by atoms with van der Waals surface area (Å²) in [4.78, 5) is 27.9. The van der Waals surface area contributed by atoms with Gasteiger partial charge in [0.2, 0.25) is 11.8 Å². The third-order valence-corrected chi connectivity index (χ3v) is 6.35. The van der Waals surface area contributed by atoms with Gasteiger partial charge < -0.3 is 10.2 Å². The van der Waals surface area contributed by atoms with Crippen molar-refractivity contribution in [3.05, 3.63) is 70.8 Å². The van der Waals surface area contributed by atoms with Crippen LogP contribution < -0.4 is 5.32 Å². The van der Waals surface area contributed by atoms with E-state index in [1.165, 1.54) is 16.7 Å². The number of benzene rings is 2. The first kappa shape index (κ1) is 25.0. The molecule has 0 heterocycles. The Hall–Kier alpha value is -2.27. The first-order chi connectivity index (χ1) is 14.8. The number of aryl methyl sites for hydroxylation is 2. The van der Waals surface area contributed by atoms with E-state index in [2.05, 4.69) is 37.4 Å². The molecule has 2 aromatic rings. The van der Waals surface area contributed by atoms with Gasteiger partial charge in [0, 0.05) is 18.3 Å². The smallest absolute Gasteiger partial charge is 0.243 e. The van der Waals surface area contributed by atoms with Gasteiger partial charge in [0.05, 0.1) is 5.75 Å². The Morgan fingerprint density at radius 2 is 1.61 bits per heavy atom. The maximum Gasteiger partial charge on any atom is 0.243 e. The van der Waals surface area contributed by atoms with Crippen molar-refractivity contribution in [2.24, 2.45) is 0 Å². The molecule has 0 aliphatic heterocycles. The van der Waals surface area contributed by atoms with Crippen molar-refractivity contribution in [2.45, 2.75) is 71.8 Å². The molecule has 168 valence electrons. The zero-order chi connectivity index (χ0) is 22.8. The van der Waals surface area contributed by atoms with E-state index in [0.717, 1.165) is 17.7 Å². The van der Waals surface area contributed by atoms with Crippen molar-refractivity contribution in [1.29, 1.82) is 0 Å². The van der Waals surface area contributed by atoms with E-state index in [4.69, 9.17) is 0 Å². The van der Waals surface area contributed by atoms with Crippen molar-refractivity contribution in [3.8, 4) is 0 Å². The van der Waals surface area contributed by atoms with Gasteiger partial charge in [-0.3, -0.25) is 9.59 Å². The number of carbonyl (C=O) groups is 2. The van der Waals surface area contributed by atoms with E-state index >= 15 is 0 Å². The van der Waals surface area contributed by atoms with E-state index in [1.807, 2.05) is 51.1 Å². The Bertz CT molecular complexity index is 833. The van der Waals surface area contributed by atoms with Crippen LogP contribution in [0.1, 0.15) is 55.9 Å². The summed E-state index contributed by atoms with van der Waals surface area (Å²) < 4.78 is 0. The maximum absolute atomic E-state index is 13.3. The van der Waals surface area contributed by atoms with E-state index in [9.17, 15) is 9.59 Å². The summed E-state index contributed by atoms with van der Waals surface area (Å²) in [6, 6.07) is 16.0. The van der Waals surface area contributed by atoms with Crippen LogP contribution in [0.15, 0.2) is 48.5 Å². The largest absolute Gasteiger partial charge is 0.352 e. The summed E-state index contributed by atoms with van der Waals surface area (Å²) >= 11 is 1.61. The van der Waals surface area contributed by atoms with E-state index < -0.39 is 6.04 Å². The van der Waals surface area contributed by atoms with Crippen LogP contribution in [0.5, 0.6) is 0 Å². The van der Waals surface area contributed by atoms with Gasteiger partial charge in [-0.15, -0.1) is 11.8 Å². The lowest BCUT2D eigenvalue weighted by Crippen LogP contribution is -2.51. The summed E-state index contributed by atoms with van der Waals surface area (Å²) in [6.45, 7) is 10.6. The van der Waals surface area contributed by atoms with Gasteiger partial charge in [0.25, 0.3) is 0 Å². The van der Waals surface area contributed by atoms with Crippen LogP contribution in [-0.2, 0) is 21.9 Å². The summed E-state index contributed by atoms with van der Waals surface area (Å²) in [5.74, 6) is 1.07. The number of carbonyl (C=O) groups excluding carboxylic acids is 2. The molecule has 0 saturated heterocycles. The Kier molecular flexibility index (Phi) is 10.1. The average molecular weight is 441 g/mol. The Balaban J connectivity index is 2.11. The number of nitrogens with zero attached hydrogens (tertiary/aromatic N) is 1. The minimum Gasteiger partial charge on any atom is -0.352 e. The molecule has 0 radical (unpaired) electrons. The van der Waals surface area contributed by atoms with Gasteiger partial charge >= 0.3 is 0 Å². The zero-order valence-corrected chi connectivity index (χ0v) is 20.3. The number of thioether (sulfide) groups is 1. The molecule has 0 aromatic heterocycles. The maximum atomic E-state index is 13.3. The van der Waals surface area contributed by atoms with Gasteiger partial charge in [-0.25, -0.2) is 0 Å². The molecular formula is C26H36N2O2S. The van der Waals surface area contributed by atoms with Crippen LogP contribution in [0.4, 0.5) is 0 Å². The lowest BCUT2D eigenvalue weighted by molar-refractivity contribution is -0.139. The number of rotatable bonds is 11. The quantitative estimate of drug-likeness (QED) is 0.519. The zero-order valence-electron chi connectivity index (χ0n) is 19.5. The van der Waals surface area contributed by atoms with Crippen molar-refractivity contribution in [2.75, 3.05) is 5.75 Å². The highest BCUT2D eigenvalue weighted by Crippen LogP contribution is 2.19. The molecule has 0 bridgehead atoms. The summed E-state index contributed by atoms with van der Waals surface area (Å²) in [5.41, 5.74) is 4.73. The summed E-state index contributed by atoms with van der Waals surface area (Å²) in [6.07, 6.45) is 1.45. The van der Waals surface area contributed by atoms with Crippen LogP contribution in [0, 0.1) is 13.8 Å². The molecule has 2 rings (SSSR count). The van der Waals surface area contributed by atoms with E-state index in [0.29, 0.717) is 18.7 Å². The SMILES string of the molecule is CC[C@@H](C)NC(=O)[C@@H](CC)N(Cc1ccccc1)C(=O)CSCc1cc(C)cc(C)c1. The van der Waals surface area contributed by atoms with E-state index in [1.54, 1.807) is 16.7 Å². The second-order valence-corrected chi connectivity index (χ2v) is 9.22. The first-order valence-corrected chi connectivity index (χ1v) is 12.3. The standard InChI is InChI=1S/C26H36N2O2S/c1-6-21(5)27-26(30)24(7-2)28(16-22-11-9-8-10-12-22)25(29)18-31-17-23-14-19(3)13-20(4)15-23/h8-15,21,24H,6-7,16-18H2,1-5H3,(H,27,30)/t21-,24-/m1/s1. The number of nitrogens with one attached hydrogen (secondary N) is 1. The van der Waals surface area contributed by atoms with E-state index in [-0.39, 0.29) is 17.9 Å². The third kappa shape index (κ3) is 8.06. The first-order valence-electron chi connectivity index (χ1n) is 11.1. The van der Waals surface area contributed by atoms with Crippen LogP contribution in [0.25, 0.3) is 0 Å². The molecule has 4 nitrogen and oxygen atoms in total. The van der Waals surface area contributed by atoms with Gasteiger partial charge in [-0.2, -0.15) is 0 Å². The van der Waals surface area contributed by atoms with Crippen LogP contribution in [0.3, 0.4) is 0 Å². The Labute approximate surface area is 191 Å². The molecule has 0 saturated carbocycles. The van der Waals surface area contributed by atoms with Crippen LogP contribution in [0.2, 0.25) is 0 Å². The van der Waals surface area contributed by atoms with Crippen molar-refractivity contribution in [1.82, 2.24) is 10.2 Å². The van der Waals surface area contributed by atoms with Gasteiger partial charge in [0.15, 0.2) is 0 Å². The highest BCUT2D eigenvalue weighted by Gasteiger charge is 2.29. The molecule has 2 atom stereocenters. The number of hydrogen-bond acceptors (Lipinski definition) is 3. The topological polar surface area (TPSA) is 49.4 Å². The fourth-order valence-corrected chi connectivity index (χ4v) is 4.48. The Morgan fingerprint density at radius 3 is 2.19 bits per heavy atom. The fourth-order valence-electron chi connectivity index (χ4n) is 3.63. The molecule has 2 aromatic carbocycles. The van der Waals surface area contributed by atoms with Gasteiger partial charge in [-0.05, 0) is 44.7 Å². The summed E-state index contributed by atoms with van der Waals surface area (Å²) in [7, 11) is 0. The van der Waals surface area contributed by atoms with Crippen LogP contribution in [-0.4, -0.2) is 34.6 Å². The Morgan fingerprint density at radius 1 is 0.968 bits per heavy atom. The molecule has 1 N–H and O–H groups in total. The van der Waals surface area contributed by atoms with Gasteiger partial charge in [0.1, 0.15) is 6.04 Å². The molecule has 31 heavy (non-hydrogen) atoms. The predicted molar refractivity (Wildman–Crippen MR) is 131 cm³/mol. The van der Waals surface area contributed by atoms with Crippen LogP contribution >= 0.6 is 11.8 Å². The lowest BCUT2D eigenvalue weighted by atomic mass is 10.1. The fraction of sp³-hybridized carbons (Fsp3) is 0.462. The molecule has 5 heteroatoms. The number of amides is 2. The van der Waals surface area contributed by atoms with Crippen molar-refractivity contribution >= 4 is 23.6 Å². The molecule has 2 amide bonds.